The van der Waals surface area contributed by atoms with Gasteiger partial charge in [0, 0.05) is 34.6 Å². The molecule has 54 heavy (non-hydrogen) atoms. The molecule has 1 fully saturated rings. The molecule has 0 unspecified atom stereocenters. The van der Waals surface area contributed by atoms with Crippen LogP contribution in [0.15, 0.2) is 109 Å². The maximum absolute atomic E-state index is 14.9. The van der Waals surface area contributed by atoms with Crippen molar-refractivity contribution in [1.29, 1.82) is 0 Å². The number of anilines is 3. The number of aliphatic hydroxyl groups is 1. The Bertz CT molecular complexity index is 2330. The number of carbonyl (C=O) groups excluding carboxylic acids is 3. The lowest BCUT2D eigenvalue weighted by atomic mass is 9.82. The number of aliphatic hydroxyl groups excluding tert-OH is 1. The maximum Gasteiger partial charge on any atom is 0.264 e. The van der Waals surface area contributed by atoms with E-state index in [2.05, 4.69) is 0 Å². The van der Waals surface area contributed by atoms with E-state index in [-0.39, 0.29) is 43.3 Å². The Kier molecular flexibility index (Phi) is 8.16. The van der Waals surface area contributed by atoms with Gasteiger partial charge in [0.2, 0.25) is 5.91 Å². The quantitative estimate of drug-likeness (QED) is 0.178. The molecule has 1 saturated heterocycles. The second kappa shape index (κ2) is 12.7. The molecule has 4 aliphatic rings. The van der Waals surface area contributed by atoms with E-state index >= 15 is 0 Å². The molecule has 5 aromatic carbocycles. The molecular weight excluding hydrogens is 695 g/mol. The fourth-order valence-corrected chi connectivity index (χ4v) is 12.4. The first kappa shape index (κ1) is 34.6. The van der Waals surface area contributed by atoms with E-state index in [0.717, 1.165) is 50.1 Å². The van der Waals surface area contributed by atoms with Crippen molar-refractivity contribution in [2.24, 2.45) is 5.92 Å². The molecule has 0 saturated carbocycles. The first-order valence-corrected chi connectivity index (χ1v) is 21.8. The third-order valence-corrected chi connectivity index (χ3v) is 14.7. The normalized spacial score (nSPS) is 24.5. The fourth-order valence-electron chi connectivity index (χ4n) is 9.83. The van der Waals surface area contributed by atoms with Gasteiger partial charge >= 0.3 is 0 Å². The van der Waals surface area contributed by atoms with Crippen LogP contribution < -0.4 is 9.80 Å². The lowest BCUT2D eigenvalue weighted by molar-refractivity contribution is -0.151. The number of hydrogen-bond donors (Lipinski definition) is 2. The van der Waals surface area contributed by atoms with E-state index in [9.17, 15) is 24.3 Å². The second-order valence-electron chi connectivity index (χ2n) is 15.8. The Morgan fingerprint density at radius 1 is 0.870 bits per heavy atom. The number of ether oxygens (including phenoxy) is 1. The lowest BCUT2D eigenvalue weighted by Gasteiger charge is -2.37. The summed E-state index contributed by atoms with van der Waals surface area (Å²) >= 11 is 0. The van der Waals surface area contributed by atoms with Crippen LogP contribution in [0.5, 0.6) is 0 Å². The Morgan fingerprint density at radius 2 is 1.56 bits per heavy atom. The summed E-state index contributed by atoms with van der Waals surface area (Å²) in [6, 6.07) is 34.8. The highest BCUT2D eigenvalue weighted by Crippen LogP contribution is 2.60. The van der Waals surface area contributed by atoms with Crippen molar-refractivity contribution in [3.8, 4) is 0 Å². The molecule has 9 nitrogen and oxygen atoms in total. The molecule has 0 aliphatic carbocycles. The van der Waals surface area contributed by atoms with Gasteiger partial charge in [0.05, 0.1) is 48.7 Å². The molecule has 3 amide bonds. The molecule has 0 bridgehead atoms. The second-order valence-corrected chi connectivity index (χ2v) is 19.8. The molecular formula is C44H43N3O6Si. The van der Waals surface area contributed by atoms with E-state index in [1.54, 1.807) is 14.7 Å². The Labute approximate surface area is 315 Å². The van der Waals surface area contributed by atoms with Crippen molar-refractivity contribution in [3.05, 3.63) is 137 Å². The highest BCUT2D eigenvalue weighted by molar-refractivity contribution is 6.71. The summed E-state index contributed by atoms with van der Waals surface area (Å²) in [6.45, 7) is 6.20. The van der Waals surface area contributed by atoms with Gasteiger partial charge in [-0.05, 0) is 71.9 Å². The Balaban J connectivity index is 1.00. The third-order valence-electron chi connectivity index (χ3n) is 12.2. The van der Waals surface area contributed by atoms with Crippen molar-refractivity contribution in [2.75, 3.05) is 16.4 Å². The van der Waals surface area contributed by atoms with Crippen LogP contribution in [-0.2, 0) is 39.4 Å². The van der Waals surface area contributed by atoms with Crippen LogP contribution in [0.2, 0.25) is 18.6 Å². The topological polar surface area (TPSA) is 111 Å². The summed E-state index contributed by atoms with van der Waals surface area (Å²) in [7, 11) is -3.00. The van der Waals surface area contributed by atoms with Gasteiger partial charge in [-0.3, -0.25) is 19.3 Å². The number of hydrogen-bond acceptors (Lipinski definition) is 6. The van der Waals surface area contributed by atoms with Gasteiger partial charge in [0.15, 0.2) is 13.9 Å². The van der Waals surface area contributed by atoms with Crippen LogP contribution in [0.3, 0.4) is 0 Å². The molecule has 2 N–H and O–H groups in total. The predicted octanol–water partition coefficient (Wildman–Crippen LogP) is 6.81. The summed E-state index contributed by atoms with van der Waals surface area (Å²) in [5, 5.41) is 12.3. The zero-order valence-electron chi connectivity index (χ0n) is 30.6. The van der Waals surface area contributed by atoms with Crippen LogP contribution in [0.25, 0.3) is 10.8 Å². The number of para-hydroxylation sites is 1. The van der Waals surface area contributed by atoms with Gasteiger partial charge < -0.3 is 24.4 Å². The van der Waals surface area contributed by atoms with E-state index in [0.29, 0.717) is 18.5 Å². The SMILES string of the molecule is C[C@H]1[C@H]([Si](C)(C)O)[C@@H](CC(=O)N2Cc3ccccc3C[C@H]2CO)O[C@]12C(=O)N(Cc1ccc(N3C(=O)c4cccc5cccc3c45)cc1)c1ccccc12. The molecule has 4 aliphatic heterocycles. The van der Waals surface area contributed by atoms with E-state index < -0.39 is 31.5 Å². The van der Waals surface area contributed by atoms with Gasteiger partial charge in [0.25, 0.3) is 11.8 Å². The minimum atomic E-state index is -3.00. The summed E-state index contributed by atoms with van der Waals surface area (Å²) in [5.74, 6) is -0.852. The smallest absolute Gasteiger partial charge is 0.264 e. The minimum Gasteiger partial charge on any atom is -0.432 e. The van der Waals surface area contributed by atoms with Crippen molar-refractivity contribution in [1.82, 2.24) is 4.90 Å². The number of rotatable bonds is 7. The highest BCUT2D eigenvalue weighted by atomic mass is 28.4. The van der Waals surface area contributed by atoms with E-state index in [1.165, 1.54) is 0 Å². The molecule has 9 rings (SSSR count). The van der Waals surface area contributed by atoms with Gasteiger partial charge in [-0.25, -0.2) is 0 Å². The maximum atomic E-state index is 14.9. The highest BCUT2D eigenvalue weighted by Gasteiger charge is 2.66. The number of fused-ring (bicyclic) bond motifs is 3. The lowest BCUT2D eigenvalue weighted by Crippen LogP contribution is -2.48. The standard InChI is InChI=1S/C44H43N3O6Si/c1-27-41(54(2,3)52)38(23-39(49)45-25-31-11-5-4-10-30(31)22-33(45)26-48)53-44(27)35-15-6-7-16-36(35)46(43(44)51)24-28-18-20-32(21-19-28)47-37-17-9-13-29-12-8-14-34(40(29)37)42(47)50/h4-21,27,33,38,41,48,52H,22-26H2,1-3H3/t27-,33-,38+,41-,44+/m0/s1. The van der Waals surface area contributed by atoms with Crippen LogP contribution in [-0.4, -0.2) is 59.6 Å². The van der Waals surface area contributed by atoms with Crippen LogP contribution in [0.4, 0.5) is 17.1 Å². The first-order valence-electron chi connectivity index (χ1n) is 18.7. The average Bonchev–Trinajstić information content (AvgIpc) is 3.73. The molecule has 10 heteroatoms. The van der Waals surface area contributed by atoms with Crippen molar-refractivity contribution >= 4 is 53.9 Å². The fraction of sp³-hybridized carbons (Fsp3) is 0.295. The predicted molar refractivity (Wildman–Crippen MR) is 210 cm³/mol. The van der Waals surface area contributed by atoms with Crippen molar-refractivity contribution < 1.29 is 29.0 Å². The molecule has 5 atom stereocenters. The molecule has 0 radical (unpaired) electrons. The molecule has 4 heterocycles. The zero-order valence-corrected chi connectivity index (χ0v) is 31.6. The largest absolute Gasteiger partial charge is 0.432 e. The number of carbonyl (C=O) groups is 3. The van der Waals surface area contributed by atoms with Crippen LogP contribution in [0, 0.1) is 5.92 Å². The Morgan fingerprint density at radius 3 is 2.30 bits per heavy atom. The summed E-state index contributed by atoms with van der Waals surface area (Å²) < 4.78 is 6.95. The van der Waals surface area contributed by atoms with Gasteiger partial charge in [0.1, 0.15) is 0 Å². The average molecular weight is 738 g/mol. The molecule has 5 aromatic rings. The van der Waals surface area contributed by atoms with E-state index in [1.807, 2.05) is 129 Å². The van der Waals surface area contributed by atoms with Crippen molar-refractivity contribution in [2.45, 2.75) is 69.2 Å². The van der Waals surface area contributed by atoms with Gasteiger partial charge in [-0.15, -0.1) is 0 Å². The summed E-state index contributed by atoms with van der Waals surface area (Å²) in [6.07, 6.45) is -0.136. The monoisotopic (exact) mass is 737 g/mol. The minimum absolute atomic E-state index is 0.00384. The molecule has 1 spiro atoms. The first-order chi connectivity index (χ1) is 26.0. The summed E-state index contributed by atoms with van der Waals surface area (Å²) in [4.78, 5) is 59.7. The van der Waals surface area contributed by atoms with Crippen LogP contribution >= 0.6 is 0 Å². The van der Waals surface area contributed by atoms with Crippen LogP contribution in [0.1, 0.15) is 46.0 Å². The number of benzene rings is 5. The number of nitrogens with zero attached hydrogens (tertiary/aromatic N) is 3. The van der Waals surface area contributed by atoms with Gasteiger partial charge in [-0.2, -0.15) is 0 Å². The zero-order chi connectivity index (χ0) is 37.5. The molecule has 274 valence electrons. The van der Waals surface area contributed by atoms with Gasteiger partial charge in [-0.1, -0.05) is 85.8 Å². The van der Waals surface area contributed by atoms with E-state index in [4.69, 9.17) is 4.74 Å². The molecule has 0 aromatic heterocycles. The summed E-state index contributed by atoms with van der Waals surface area (Å²) in [5.41, 5.74) is 5.05. The van der Waals surface area contributed by atoms with Crippen molar-refractivity contribution in [3.63, 3.8) is 0 Å². The third kappa shape index (κ3) is 5.19. The Hall–Kier alpha value is -5.13. The number of amides is 3.